The zero-order valence-corrected chi connectivity index (χ0v) is 12.3. The lowest BCUT2D eigenvalue weighted by atomic mass is 10.1. The Labute approximate surface area is 123 Å². The molecule has 0 fully saturated rings. The molecule has 0 heterocycles. The minimum Gasteiger partial charge on any atom is -0.495 e. The van der Waals surface area contributed by atoms with Crippen molar-refractivity contribution in [2.24, 2.45) is 0 Å². The number of methoxy groups -OCH3 is 1. The van der Waals surface area contributed by atoms with Crippen LogP contribution < -0.4 is 10.1 Å². The van der Waals surface area contributed by atoms with Gasteiger partial charge in [0.15, 0.2) is 0 Å². The van der Waals surface area contributed by atoms with Gasteiger partial charge >= 0.3 is 0 Å². The van der Waals surface area contributed by atoms with Crippen molar-refractivity contribution in [2.75, 3.05) is 12.4 Å². The average molecular weight is 296 g/mol. The molecule has 0 aliphatic rings. The highest BCUT2D eigenvalue weighted by molar-refractivity contribution is 6.35. The van der Waals surface area contributed by atoms with E-state index in [4.69, 9.17) is 27.9 Å². The van der Waals surface area contributed by atoms with Gasteiger partial charge in [-0.25, -0.2) is 0 Å². The van der Waals surface area contributed by atoms with Gasteiger partial charge in [-0.05, 0) is 36.8 Å². The second kappa shape index (κ2) is 6.18. The minimum atomic E-state index is 0.0565. The van der Waals surface area contributed by atoms with Crippen molar-refractivity contribution in [3.05, 3.63) is 58.1 Å². The van der Waals surface area contributed by atoms with Gasteiger partial charge < -0.3 is 10.1 Å². The van der Waals surface area contributed by atoms with Crippen LogP contribution in [0.2, 0.25) is 10.0 Å². The first-order valence-corrected chi connectivity index (χ1v) is 6.72. The molecule has 0 spiro atoms. The third-order valence-corrected chi connectivity index (χ3v) is 3.47. The molecule has 0 unspecified atom stereocenters. The van der Waals surface area contributed by atoms with Crippen molar-refractivity contribution >= 4 is 28.9 Å². The van der Waals surface area contributed by atoms with Gasteiger partial charge in [-0.2, -0.15) is 0 Å². The molecular formula is C15H15Cl2NO. The molecule has 2 nitrogen and oxygen atoms in total. The van der Waals surface area contributed by atoms with Crippen LogP contribution in [-0.2, 0) is 0 Å². The Kier molecular flexibility index (Phi) is 4.56. The molecule has 0 saturated heterocycles. The van der Waals surface area contributed by atoms with E-state index < -0.39 is 0 Å². The van der Waals surface area contributed by atoms with Crippen LogP contribution in [0.15, 0.2) is 42.5 Å². The van der Waals surface area contributed by atoms with E-state index in [1.54, 1.807) is 13.2 Å². The van der Waals surface area contributed by atoms with Gasteiger partial charge in [0.1, 0.15) is 5.75 Å². The summed E-state index contributed by atoms with van der Waals surface area (Å²) in [6.45, 7) is 2.04. The lowest BCUT2D eigenvalue weighted by Gasteiger charge is -2.19. The number of nitrogens with one attached hydrogen (secondary N) is 1. The monoisotopic (exact) mass is 295 g/mol. The third-order valence-electron chi connectivity index (χ3n) is 2.91. The van der Waals surface area contributed by atoms with Gasteiger partial charge in [-0.15, -0.1) is 0 Å². The summed E-state index contributed by atoms with van der Waals surface area (Å²) >= 11 is 12.1. The maximum absolute atomic E-state index is 6.21. The molecule has 2 aromatic carbocycles. The number of benzene rings is 2. The van der Waals surface area contributed by atoms with Crippen molar-refractivity contribution in [3.8, 4) is 5.75 Å². The van der Waals surface area contributed by atoms with Crippen molar-refractivity contribution < 1.29 is 4.74 Å². The van der Waals surface area contributed by atoms with Crippen LogP contribution >= 0.6 is 23.2 Å². The summed E-state index contributed by atoms with van der Waals surface area (Å²) in [4.78, 5) is 0. The molecule has 100 valence electrons. The fourth-order valence-electron chi connectivity index (χ4n) is 1.93. The van der Waals surface area contributed by atoms with Crippen molar-refractivity contribution in [1.29, 1.82) is 0 Å². The van der Waals surface area contributed by atoms with Crippen LogP contribution in [0.25, 0.3) is 0 Å². The highest BCUT2D eigenvalue weighted by atomic mass is 35.5. The largest absolute Gasteiger partial charge is 0.495 e. The Morgan fingerprint density at radius 1 is 1.11 bits per heavy atom. The summed E-state index contributed by atoms with van der Waals surface area (Å²) in [6.07, 6.45) is 0. The quantitative estimate of drug-likeness (QED) is 0.839. The molecule has 1 N–H and O–H groups in total. The molecule has 2 rings (SSSR count). The Morgan fingerprint density at radius 2 is 1.84 bits per heavy atom. The molecule has 0 bridgehead atoms. The van der Waals surface area contributed by atoms with Crippen molar-refractivity contribution in [1.82, 2.24) is 0 Å². The molecule has 0 aromatic heterocycles. The second-order valence-electron chi connectivity index (χ2n) is 4.23. The fraction of sp³-hybridized carbons (Fsp3) is 0.200. The van der Waals surface area contributed by atoms with Crippen LogP contribution in [0.3, 0.4) is 0 Å². The van der Waals surface area contributed by atoms with Gasteiger partial charge in [-0.3, -0.25) is 0 Å². The number of hydrogen-bond donors (Lipinski definition) is 1. The van der Waals surface area contributed by atoms with Crippen LogP contribution in [-0.4, -0.2) is 7.11 Å². The lowest BCUT2D eigenvalue weighted by molar-refractivity contribution is 0.416. The highest BCUT2D eigenvalue weighted by Gasteiger charge is 2.11. The number of ether oxygens (including phenoxy) is 1. The fourth-order valence-corrected chi connectivity index (χ4v) is 2.50. The molecular weight excluding hydrogens is 281 g/mol. The van der Waals surface area contributed by atoms with Gasteiger partial charge in [0.25, 0.3) is 0 Å². The topological polar surface area (TPSA) is 21.3 Å². The molecule has 0 saturated carbocycles. The summed E-state index contributed by atoms with van der Waals surface area (Å²) in [7, 11) is 1.65. The van der Waals surface area contributed by atoms with Crippen LogP contribution in [0.1, 0.15) is 18.5 Å². The highest BCUT2D eigenvalue weighted by Crippen LogP contribution is 2.31. The molecule has 2 aromatic rings. The molecule has 19 heavy (non-hydrogen) atoms. The molecule has 1 atom stereocenters. The molecule has 0 radical (unpaired) electrons. The number of halogens is 2. The summed E-state index contributed by atoms with van der Waals surface area (Å²) in [6, 6.07) is 13.4. The normalized spacial score (nSPS) is 12.0. The van der Waals surface area contributed by atoms with E-state index in [-0.39, 0.29) is 6.04 Å². The Morgan fingerprint density at radius 3 is 2.53 bits per heavy atom. The predicted molar refractivity (Wildman–Crippen MR) is 81.5 cm³/mol. The predicted octanol–water partition coefficient (Wildman–Crippen LogP) is 5.18. The van der Waals surface area contributed by atoms with Crippen LogP contribution in [0.4, 0.5) is 5.69 Å². The van der Waals surface area contributed by atoms with Gasteiger partial charge in [0.05, 0.1) is 18.8 Å². The Hall–Kier alpha value is -1.38. The summed E-state index contributed by atoms with van der Waals surface area (Å²) in [5, 5.41) is 4.68. The minimum absolute atomic E-state index is 0.0565. The van der Waals surface area contributed by atoms with Gasteiger partial charge in [0, 0.05) is 10.0 Å². The number of para-hydroxylation sites is 2. The van der Waals surface area contributed by atoms with E-state index in [0.29, 0.717) is 10.0 Å². The lowest BCUT2D eigenvalue weighted by Crippen LogP contribution is -2.08. The molecule has 0 amide bonds. The molecule has 0 aliphatic carbocycles. The van der Waals surface area contributed by atoms with E-state index in [0.717, 1.165) is 17.0 Å². The first-order valence-electron chi connectivity index (χ1n) is 5.96. The Bertz CT molecular complexity index is 572. The van der Waals surface area contributed by atoms with E-state index in [1.165, 1.54) is 0 Å². The third kappa shape index (κ3) is 3.34. The number of hydrogen-bond acceptors (Lipinski definition) is 2. The first-order chi connectivity index (χ1) is 9.11. The van der Waals surface area contributed by atoms with E-state index in [2.05, 4.69) is 5.32 Å². The Balaban J connectivity index is 2.23. The van der Waals surface area contributed by atoms with Crippen LogP contribution in [0, 0.1) is 0 Å². The van der Waals surface area contributed by atoms with E-state index >= 15 is 0 Å². The summed E-state index contributed by atoms with van der Waals surface area (Å²) < 4.78 is 5.31. The SMILES string of the molecule is COc1ccccc1N[C@H](C)c1ccc(Cl)cc1Cl. The maximum atomic E-state index is 6.21. The van der Waals surface area contributed by atoms with Crippen molar-refractivity contribution in [3.63, 3.8) is 0 Å². The standard InChI is InChI=1S/C15H15Cl2NO/c1-10(12-8-7-11(16)9-13(12)17)18-14-5-3-4-6-15(14)19-2/h3-10,18H,1-2H3/t10-/m1/s1. The maximum Gasteiger partial charge on any atom is 0.141 e. The average Bonchev–Trinajstić information content (AvgIpc) is 2.39. The summed E-state index contributed by atoms with van der Waals surface area (Å²) in [5.41, 5.74) is 1.93. The molecule has 4 heteroatoms. The second-order valence-corrected chi connectivity index (χ2v) is 5.08. The van der Waals surface area contributed by atoms with Gasteiger partial charge in [0.2, 0.25) is 0 Å². The van der Waals surface area contributed by atoms with E-state index in [1.807, 2.05) is 43.3 Å². The van der Waals surface area contributed by atoms with Crippen LogP contribution in [0.5, 0.6) is 5.75 Å². The zero-order chi connectivity index (χ0) is 13.8. The smallest absolute Gasteiger partial charge is 0.141 e. The molecule has 0 aliphatic heterocycles. The first kappa shape index (κ1) is 14.0. The van der Waals surface area contributed by atoms with E-state index in [9.17, 15) is 0 Å². The van der Waals surface area contributed by atoms with Gasteiger partial charge in [-0.1, -0.05) is 41.4 Å². The zero-order valence-electron chi connectivity index (χ0n) is 10.8. The van der Waals surface area contributed by atoms with Crippen molar-refractivity contribution in [2.45, 2.75) is 13.0 Å². The number of rotatable bonds is 4. The number of anilines is 1. The summed E-state index contributed by atoms with van der Waals surface area (Å²) in [5.74, 6) is 0.805.